The molecule has 0 aliphatic carbocycles. The second-order valence-electron chi connectivity index (χ2n) is 4.71. The van der Waals surface area contributed by atoms with E-state index in [2.05, 4.69) is 10.5 Å². The average molecular weight is 349 g/mol. The molecule has 0 radical (unpaired) electrons. The van der Waals surface area contributed by atoms with Crippen molar-refractivity contribution in [1.82, 2.24) is 0 Å². The van der Waals surface area contributed by atoms with Crippen LogP contribution in [0, 0.1) is 0 Å². The summed E-state index contributed by atoms with van der Waals surface area (Å²) in [6, 6.07) is 12.6. The predicted molar refractivity (Wildman–Crippen MR) is 91.6 cm³/mol. The quantitative estimate of drug-likeness (QED) is 0.389. The van der Waals surface area contributed by atoms with E-state index in [9.17, 15) is 4.79 Å². The molecule has 2 aromatic rings. The van der Waals surface area contributed by atoms with E-state index < -0.39 is 0 Å². The van der Waals surface area contributed by atoms with Gasteiger partial charge in [0.2, 0.25) is 6.79 Å². The van der Waals surface area contributed by atoms with Crippen molar-refractivity contribution >= 4 is 39.9 Å². The highest BCUT2D eigenvalue weighted by molar-refractivity contribution is 8.15. The summed E-state index contributed by atoms with van der Waals surface area (Å²) in [5, 5.41) is 5.19. The van der Waals surface area contributed by atoms with Crippen LogP contribution in [0.3, 0.4) is 0 Å². The lowest BCUT2D eigenvalue weighted by atomic mass is 10.3. The maximum atomic E-state index is 11.8. The van der Waals surface area contributed by atoms with Crippen molar-refractivity contribution in [1.29, 1.82) is 0 Å². The van der Waals surface area contributed by atoms with E-state index in [0.29, 0.717) is 27.3 Å². The number of nitrogens with zero attached hydrogens (tertiary/aromatic N) is 1. The first-order valence-corrected chi connectivity index (χ1v) is 7.99. The number of hydrogen-bond donors (Lipinski definition) is 1. The Hall–Kier alpha value is -2.18. The van der Waals surface area contributed by atoms with Crippen LogP contribution in [0.4, 0.5) is 5.69 Å². The highest BCUT2D eigenvalue weighted by atomic mass is 35.5. The van der Waals surface area contributed by atoms with Crippen LogP contribution in [0.25, 0.3) is 0 Å². The lowest BCUT2D eigenvalue weighted by Gasteiger charge is -2.06. The number of hydrazone groups is 1. The van der Waals surface area contributed by atoms with Gasteiger partial charge in [-0.05, 0) is 36.4 Å². The van der Waals surface area contributed by atoms with Gasteiger partial charge in [-0.15, -0.1) is 0 Å². The summed E-state index contributed by atoms with van der Waals surface area (Å²) in [6.45, 7) is 1.69. The Bertz CT molecular complexity index is 762. The molecule has 0 fully saturated rings. The fourth-order valence-electron chi connectivity index (χ4n) is 1.87. The normalized spacial score (nSPS) is 13.0. The number of anilines is 1. The Morgan fingerprint density at radius 1 is 1.17 bits per heavy atom. The molecular weight excluding hydrogens is 336 g/mol. The molecule has 1 heterocycles. The lowest BCUT2D eigenvalue weighted by molar-refractivity contribution is -0.110. The molecule has 0 unspecified atom stereocenters. The third kappa shape index (κ3) is 3.97. The van der Waals surface area contributed by atoms with Crippen LogP contribution in [0.2, 0.25) is 5.02 Å². The van der Waals surface area contributed by atoms with Crippen molar-refractivity contribution in [2.45, 2.75) is 11.8 Å². The molecule has 2 aromatic carbocycles. The van der Waals surface area contributed by atoms with Crippen molar-refractivity contribution in [2.24, 2.45) is 5.10 Å². The van der Waals surface area contributed by atoms with Crippen molar-refractivity contribution in [2.75, 3.05) is 12.2 Å². The fourth-order valence-corrected chi connectivity index (χ4v) is 2.73. The number of carbonyl (C=O) groups excluding carboxylic acids is 1. The van der Waals surface area contributed by atoms with Gasteiger partial charge in [0.25, 0.3) is 0 Å². The SMILES string of the molecule is CC(=O)C(=NNc1ccc2c(c1)OCO2)Sc1ccc(Cl)cc1. The van der Waals surface area contributed by atoms with E-state index in [1.165, 1.54) is 18.7 Å². The van der Waals surface area contributed by atoms with Gasteiger partial charge in [-0.2, -0.15) is 5.10 Å². The summed E-state index contributed by atoms with van der Waals surface area (Å²) >= 11 is 7.13. The number of ether oxygens (including phenoxy) is 2. The maximum absolute atomic E-state index is 11.8. The molecule has 1 aliphatic rings. The molecule has 5 nitrogen and oxygen atoms in total. The molecule has 118 valence electrons. The van der Waals surface area contributed by atoms with Crippen LogP contribution in [-0.4, -0.2) is 17.6 Å². The summed E-state index contributed by atoms with van der Waals surface area (Å²) in [5.74, 6) is 1.22. The number of ketones is 1. The average Bonchev–Trinajstić information content (AvgIpc) is 3.00. The largest absolute Gasteiger partial charge is 0.454 e. The third-order valence-corrected chi connectivity index (χ3v) is 4.32. The lowest BCUT2D eigenvalue weighted by Crippen LogP contribution is -2.08. The third-order valence-electron chi connectivity index (χ3n) is 2.99. The standard InChI is InChI=1S/C16H13ClN2O3S/c1-10(20)16(23-13-5-2-11(17)3-6-13)19-18-12-4-7-14-15(8-12)22-9-21-14/h2-8,18H,9H2,1H3. The van der Waals surface area contributed by atoms with Gasteiger partial charge in [-0.1, -0.05) is 23.4 Å². The molecule has 23 heavy (non-hydrogen) atoms. The minimum atomic E-state index is -0.127. The van der Waals surface area contributed by atoms with Crippen LogP contribution in [-0.2, 0) is 4.79 Å². The first kappa shape index (κ1) is 15.7. The predicted octanol–water partition coefficient (Wildman–Crippen LogP) is 4.18. The number of carbonyl (C=O) groups is 1. The number of Topliss-reactive ketones (excluding diaryl/α,β-unsaturated/α-hetero) is 1. The topological polar surface area (TPSA) is 59.9 Å². The minimum Gasteiger partial charge on any atom is -0.454 e. The van der Waals surface area contributed by atoms with E-state index in [1.807, 2.05) is 18.2 Å². The Morgan fingerprint density at radius 2 is 1.91 bits per heavy atom. The number of thioether (sulfide) groups is 1. The number of benzene rings is 2. The summed E-state index contributed by atoms with van der Waals surface area (Å²) < 4.78 is 10.6. The fraction of sp³-hybridized carbons (Fsp3) is 0.125. The van der Waals surface area contributed by atoms with E-state index in [1.54, 1.807) is 24.3 Å². The van der Waals surface area contributed by atoms with Crippen molar-refractivity contribution in [3.05, 3.63) is 47.5 Å². The van der Waals surface area contributed by atoms with Crippen molar-refractivity contribution in [3.8, 4) is 11.5 Å². The van der Waals surface area contributed by atoms with Crippen LogP contribution in [0.1, 0.15) is 6.92 Å². The smallest absolute Gasteiger partial charge is 0.231 e. The Kier molecular flexibility index (Phi) is 4.73. The molecule has 3 rings (SSSR count). The van der Waals surface area contributed by atoms with Crippen LogP contribution >= 0.6 is 23.4 Å². The van der Waals surface area contributed by atoms with Gasteiger partial charge in [-0.3, -0.25) is 10.2 Å². The summed E-state index contributed by atoms with van der Waals surface area (Å²) in [6.07, 6.45) is 0. The monoisotopic (exact) mass is 348 g/mol. The van der Waals surface area contributed by atoms with Crippen LogP contribution in [0.5, 0.6) is 11.5 Å². The number of rotatable bonds is 4. The molecule has 1 aliphatic heterocycles. The van der Waals surface area contributed by atoms with Crippen molar-refractivity contribution < 1.29 is 14.3 Å². The zero-order valence-electron chi connectivity index (χ0n) is 12.2. The Balaban J connectivity index is 1.74. The van der Waals surface area contributed by atoms with Gasteiger partial charge in [0, 0.05) is 22.9 Å². The second kappa shape index (κ2) is 6.93. The second-order valence-corrected chi connectivity index (χ2v) is 6.21. The van der Waals surface area contributed by atoms with Gasteiger partial charge >= 0.3 is 0 Å². The molecule has 0 amide bonds. The molecule has 0 bridgehead atoms. The van der Waals surface area contributed by atoms with Crippen LogP contribution < -0.4 is 14.9 Å². The minimum absolute atomic E-state index is 0.127. The molecule has 0 aromatic heterocycles. The van der Waals surface area contributed by atoms with Gasteiger partial charge in [0.05, 0.1) is 5.69 Å². The summed E-state index contributed by atoms with van der Waals surface area (Å²) in [4.78, 5) is 12.6. The Morgan fingerprint density at radius 3 is 2.65 bits per heavy atom. The van der Waals surface area contributed by atoms with E-state index in [-0.39, 0.29) is 12.6 Å². The molecule has 0 spiro atoms. The highest BCUT2D eigenvalue weighted by Crippen LogP contribution is 2.34. The number of halogens is 1. The van der Waals surface area contributed by atoms with E-state index in [4.69, 9.17) is 21.1 Å². The molecule has 0 atom stereocenters. The maximum Gasteiger partial charge on any atom is 0.231 e. The summed E-state index contributed by atoms with van der Waals surface area (Å²) in [5.41, 5.74) is 3.58. The van der Waals surface area contributed by atoms with Crippen LogP contribution in [0.15, 0.2) is 52.5 Å². The molecule has 1 N–H and O–H groups in total. The number of fused-ring (bicyclic) bond motifs is 1. The first-order chi connectivity index (χ1) is 11.1. The van der Waals surface area contributed by atoms with Gasteiger partial charge in [0.1, 0.15) is 0 Å². The highest BCUT2D eigenvalue weighted by Gasteiger charge is 2.13. The Labute approximate surface area is 142 Å². The van der Waals surface area contributed by atoms with Crippen molar-refractivity contribution in [3.63, 3.8) is 0 Å². The van der Waals surface area contributed by atoms with Gasteiger partial charge in [0.15, 0.2) is 22.3 Å². The molecule has 7 heteroatoms. The van der Waals surface area contributed by atoms with E-state index in [0.717, 1.165) is 4.90 Å². The summed E-state index contributed by atoms with van der Waals surface area (Å²) in [7, 11) is 0. The number of hydrogen-bond acceptors (Lipinski definition) is 6. The number of nitrogens with one attached hydrogen (secondary N) is 1. The first-order valence-electron chi connectivity index (χ1n) is 6.79. The zero-order valence-corrected chi connectivity index (χ0v) is 13.8. The molecular formula is C16H13ClN2O3S. The molecule has 0 saturated heterocycles. The van der Waals surface area contributed by atoms with Gasteiger partial charge in [-0.25, -0.2) is 0 Å². The van der Waals surface area contributed by atoms with E-state index >= 15 is 0 Å². The molecule has 0 saturated carbocycles. The van der Waals surface area contributed by atoms with Gasteiger partial charge < -0.3 is 9.47 Å². The zero-order chi connectivity index (χ0) is 16.2.